The Morgan fingerprint density at radius 1 is 1.28 bits per heavy atom. The van der Waals surface area contributed by atoms with Gasteiger partial charge in [-0.2, -0.15) is 11.8 Å². The Kier molecular flexibility index (Phi) is 5.44. The third-order valence-electron chi connectivity index (χ3n) is 3.00. The second-order valence-corrected chi connectivity index (χ2v) is 7.87. The van der Waals surface area contributed by atoms with E-state index in [2.05, 4.69) is 41.4 Å². The van der Waals surface area contributed by atoms with Crippen molar-refractivity contribution in [2.45, 2.75) is 37.2 Å². The van der Waals surface area contributed by atoms with Gasteiger partial charge in [0.25, 0.3) is 0 Å². The van der Waals surface area contributed by atoms with Crippen molar-refractivity contribution in [2.75, 3.05) is 17.2 Å². The normalized spacial score (nSPS) is 24.2. The zero-order valence-electron chi connectivity index (χ0n) is 10.6. The largest absolute Gasteiger partial charge is 0.383 e. The van der Waals surface area contributed by atoms with Gasteiger partial charge in [0.1, 0.15) is 11.6 Å². The molecule has 3 nitrogen and oxygen atoms in total. The zero-order valence-corrected chi connectivity index (χ0v) is 14.4. The quantitative estimate of drug-likeness (QED) is 0.794. The summed E-state index contributed by atoms with van der Waals surface area (Å²) >= 11 is 6.27. The summed E-state index contributed by atoms with van der Waals surface area (Å²) in [5.74, 6) is 4.00. The second-order valence-electron chi connectivity index (χ2n) is 4.19. The number of nitrogens with two attached hydrogens (primary N) is 1. The van der Waals surface area contributed by atoms with Gasteiger partial charge in [0.05, 0.1) is 14.5 Å². The highest BCUT2D eigenvalue weighted by atomic mass is 127. The fourth-order valence-corrected chi connectivity index (χ4v) is 5.65. The number of hydrogen-bond acceptors (Lipinski definition) is 5. The molecule has 2 atom stereocenters. The Balaban J connectivity index is 2.34. The average Bonchev–Trinajstić information content (AvgIpc) is 2.41. The minimum atomic E-state index is 0.401. The lowest BCUT2D eigenvalue weighted by molar-refractivity contribution is 0.741. The molecule has 0 spiro atoms. The van der Waals surface area contributed by atoms with E-state index in [0.29, 0.717) is 16.3 Å². The standard InChI is InChI=1S/C12H18IN3S2/c1-3-7-9(13)11(14)16-12(15-7)10-8(4-2)17-5-6-18-10/h8,10H,3-6H2,1-2H3,(H2,14,15,16). The summed E-state index contributed by atoms with van der Waals surface area (Å²) < 4.78 is 1.01. The van der Waals surface area contributed by atoms with Crippen LogP contribution in [0.5, 0.6) is 0 Å². The van der Waals surface area contributed by atoms with Crippen LogP contribution in [0, 0.1) is 3.57 Å². The Labute approximate surface area is 131 Å². The summed E-state index contributed by atoms with van der Waals surface area (Å²) in [6.07, 6.45) is 2.08. The molecule has 2 rings (SSSR count). The lowest BCUT2D eigenvalue weighted by Gasteiger charge is -2.29. The molecule has 1 aromatic rings. The molecule has 1 fully saturated rings. The van der Waals surface area contributed by atoms with Crippen LogP contribution in [0.3, 0.4) is 0 Å². The third kappa shape index (κ3) is 3.07. The van der Waals surface area contributed by atoms with Gasteiger partial charge in [-0.3, -0.25) is 0 Å². The molecule has 2 heterocycles. The van der Waals surface area contributed by atoms with Crippen LogP contribution in [0.4, 0.5) is 5.82 Å². The van der Waals surface area contributed by atoms with E-state index < -0.39 is 0 Å². The number of nitrogen functional groups attached to an aromatic ring is 1. The van der Waals surface area contributed by atoms with Gasteiger partial charge in [0.2, 0.25) is 0 Å². The smallest absolute Gasteiger partial charge is 0.145 e. The van der Waals surface area contributed by atoms with Crippen LogP contribution in [0.1, 0.15) is 37.0 Å². The van der Waals surface area contributed by atoms with E-state index >= 15 is 0 Å². The maximum Gasteiger partial charge on any atom is 0.145 e. The van der Waals surface area contributed by atoms with E-state index in [-0.39, 0.29) is 0 Å². The van der Waals surface area contributed by atoms with Crippen molar-refractivity contribution in [3.8, 4) is 0 Å². The molecule has 1 saturated heterocycles. The molecule has 0 amide bonds. The number of nitrogens with zero attached hydrogens (tertiary/aromatic N) is 2. The Morgan fingerprint density at radius 2 is 2.00 bits per heavy atom. The van der Waals surface area contributed by atoms with Gasteiger partial charge in [-0.15, -0.1) is 11.8 Å². The summed E-state index contributed by atoms with van der Waals surface area (Å²) in [6, 6.07) is 0. The van der Waals surface area contributed by atoms with Gasteiger partial charge in [-0.25, -0.2) is 9.97 Å². The van der Waals surface area contributed by atoms with Crippen LogP contribution in [-0.2, 0) is 6.42 Å². The van der Waals surface area contributed by atoms with Crippen LogP contribution in [0.15, 0.2) is 0 Å². The van der Waals surface area contributed by atoms with Crippen molar-refractivity contribution in [1.29, 1.82) is 0 Å². The van der Waals surface area contributed by atoms with Crippen LogP contribution in [0.25, 0.3) is 0 Å². The fourth-order valence-electron chi connectivity index (χ4n) is 2.04. The number of aromatic nitrogens is 2. The minimum absolute atomic E-state index is 0.401. The highest BCUT2D eigenvalue weighted by molar-refractivity contribution is 14.1. The molecular formula is C12H18IN3S2. The Hall–Kier alpha value is 0.310. The van der Waals surface area contributed by atoms with Gasteiger partial charge in [0, 0.05) is 16.8 Å². The highest BCUT2D eigenvalue weighted by Crippen LogP contribution is 2.43. The molecule has 0 aliphatic carbocycles. The Morgan fingerprint density at radius 3 is 2.67 bits per heavy atom. The maximum atomic E-state index is 6.02. The lowest BCUT2D eigenvalue weighted by atomic mass is 10.2. The molecule has 2 N–H and O–H groups in total. The summed E-state index contributed by atoms with van der Waals surface area (Å²) in [5, 5.41) is 1.02. The first-order valence-corrected chi connectivity index (χ1v) is 9.40. The first-order chi connectivity index (χ1) is 8.67. The number of thioether (sulfide) groups is 2. The maximum absolute atomic E-state index is 6.02. The van der Waals surface area contributed by atoms with Crippen LogP contribution in [-0.4, -0.2) is 26.7 Å². The molecule has 18 heavy (non-hydrogen) atoms. The van der Waals surface area contributed by atoms with Crippen molar-refractivity contribution in [3.05, 3.63) is 15.1 Å². The number of rotatable bonds is 3. The third-order valence-corrected chi connectivity index (χ3v) is 7.42. The lowest BCUT2D eigenvalue weighted by Crippen LogP contribution is -2.21. The van der Waals surface area contributed by atoms with E-state index in [4.69, 9.17) is 10.7 Å². The summed E-state index contributed by atoms with van der Waals surface area (Å²) in [4.78, 5) is 9.27. The van der Waals surface area contributed by atoms with E-state index in [9.17, 15) is 0 Å². The molecule has 100 valence electrons. The summed E-state index contributed by atoms with van der Waals surface area (Å²) in [7, 11) is 0. The van der Waals surface area contributed by atoms with Gasteiger partial charge in [0.15, 0.2) is 0 Å². The molecular weight excluding hydrogens is 377 g/mol. The molecule has 1 aromatic heterocycles. The van der Waals surface area contributed by atoms with Gasteiger partial charge < -0.3 is 5.73 Å². The fraction of sp³-hybridized carbons (Fsp3) is 0.667. The highest BCUT2D eigenvalue weighted by Gasteiger charge is 2.29. The molecule has 0 saturated carbocycles. The SMILES string of the molecule is CCc1nc(C2SCCSC2CC)nc(N)c1I. The van der Waals surface area contributed by atoms with Crippen molar-refractivity contribution < 1.29 is 0 Å². The molecule has 6 heteroatoms. The van der Waals surface area contributed by atoms with Crippen LogP contribution >= 0.6 is 46.1 Å². The average molecular weight is 395 g/mol. The van der Waals surface area contributed by atoms with Crippen LogP contribution in [0.2, 0.25) is 0 Å². The van der Waals surface area contributed by atoms with Crippen molar-refractivity contribution >= 4 is 51.9 Å². The van der Waals surface area contributed by atoms with Gasteiger partial charge >= 0.3 is 0 Å². The van der Waals surface area contributed by atoms with Crippen molar-refractivity contribution in [2.24, 2.45) is 0 Å². The van der Waals surface area contributed by atoms with E-state index in [1.165, 1.54) is 17.9 Å². The predicted molar refractivity (Wildman–Crippen MR) is 90.3 cm³/mol. The first kappa shape index (κ1) is 14.7. The monoisotopic (exact) mass is 395 g/mol. The van der Waals surface area contributed by atoms with Gasteiger partial charge in [-0.05, 0) is 35.4 Å². The van der Waals surface area contributed by atoms with E-state index in [1.54, 1.807) is 0 Å². The van der Waals surface area contributed by atoms with E-state index in [1.807, 2.05) is 23.5 Å². The summed E-state index contributed by atoms with van der Waals surface area (Å²) in [5.41, 5.74) is 7.10. The molecule has 0 aromatic carbocycles. The topological polar surface area (TPSA) is 51.8 Å². The number of anilines is 1. The van der Waals surface area contributed by atoms with Gasteiger partial charge in [-0.1, -0.05) is 13.8 Å². The second kappa shape index (κ2) is 6.65. The summed E-state index contributed by atoms with van der Waals surface area (Å²) in [6.45, 7) is 4.36. The molecule has 2 unspecified atom stereocenters. The molecule has 0 radical (unpaired) electrons. The molecule has 0 bridgehead atoms. The zero-order chi connectivity index (χ0) is 13.1. The molecule has 1 aliphatic rings. The predicted octanol–water partition coefficient (Wildman–Crippen LogP) is 3.53. The van der Waals surface area contributed by atoms with E-state index in [0.717, 1.165) is 21.5 Å². The number of aryl methyl sites for hydroxylation is 1. The van der Waals surface area contributed by atoms with Crippen molar-refractivity contribution in [3.63, 3.8) is 0 Å². The van der Waals surface area contributed by atoms with Crippen LogP contribution < -0.4 is 5.73 Å². The number of hydrogen-bond donors (Lipinski definition) is 1. The molecule has 1 aliphatic heterocycles. The Bertz CT molecular complexity index is 428. The minimum Gasteiger partial charge on any atom is -0.383 e. The first-order valence-electron chi connectivity index (χ1n) is 6.22. The number of halogens is 1. The van der Waals surface area contributed by atoms with Crippen molar-refractivity contribution in [1.82, 2.24) is 9.97 Å².